The zero-order chi connectivity index (χ0) is 11.9. The molecule has 1 atom stereocenters. The molecule has 2 nitrogen and oxygen atoms in total. The lowest BCUT2D eigenvalue weighted by molar-refractivity contribution is 0.0138. The zero-order valence-corrected chi connectivity index (χ0v) is 10.8. The number of ether oxygens (including phenoxy) is 1. The monoisotopic (exact) mass is 233 g/mol. The number of rotatable bonds is 5. The summed E-state index contributed by atoms with van der Waals surface area (Å²) in [4.78, 5) is 2.58. The van der Waals surface area contributed by atoms with E-state index in [2.05, 4.69) is 42.2 Å². The first kappa shape index (κ1) is 12.6. The van der Waals surface area contributed by atoms with Crippen molar-refractivity contribution < 1.29 is 4.74 Å². The number of hydrogen-bond acceptors (Lipinski definition) is 2. The molecule has 1 aliphatic heterocycles. The molecule has 0 amide bonds. The first-order valence-electron chi connectivity index (χ1n) is 6.78. The maximum absolute atomic E-state index is 5.45. The van der Waals surface area contributed by atoms with Crippen molar-refractivity contribution in [2.75, 3.05) is 26.3 Å². The summed E-state index contributed by atoms with van der Waals surface area (Å²) in [6.45, 7) is 6.18. The van der Waals surface area contributed by atoms with Gasteiger partial charge < -0.3 is 4.74 Å². The molecule has 2 rings (SSSR count). The summed E-state index contributed by atoms with van der Waals surface area (Å²) in [6.07, 6.45) is 3.84. The third-order valence-electron chi connectivity index (χ3n) is 3.50. The highest BCUT2D eigenvalue weighted by Gasteiger charge is 2.21. The van der Waals surface area contributed by atoms with Crippen LogP contribution in [0.4, 0.5) is 0 Å². The molecular formula is C15H23NO. The molecule has 1 saturated heterocycles. The number of hydrogen-bond donors (Lipinski definition) is 0. The van der Waals surface area contributed by atoms with Crippen molar-refractivity contribution in [1.29, 1.82) is 0 Å². The molecule has 0 N–H and O–H groups in total. The fraction of sp³-hybridized carbons (Fsp3) is 0.600. The van der Waals surface area contributed by atoms with Crippen LogP contribution in [0, 0.1) is 0 Å². The predicted molar refractivity (Wildman–Crippen MR) is 71.1 cm³/mol. The van der Waals surface area contributed by atoms with E-state index in [4.69, 9.17) is 4.74 Å². The average Bonchev–Trinajstić information content (AvgIpc) is 2.42. The summed E-state index contributed by atoms with van der Waals surface area (Å²) in [6, 6.07) is 11.5. The van der Waals surface area contributed by atoms with Crippen LogP contribution in [-0.2, 0) is 4.74 Å². The molecule has 17 heavy (non-hydrogen) atoms. The molecule has 0 bridgehead atoms. The normalized spacial score (nSPS) is 19.1. The van der Waals surface area contributed by atoms with Gasteiger partial charge in [0.05, 0.1) is 13.2 Å². The van der Waals surface area contributed by atoms with E-state index in [1.54, 1.807) is 0 Å². The number of benzene rings is 1. The molecule has 1 aromatic carbocycles. The Morgan fingerprint density at radius 1 is 1.18 bits per heavy atom. The van der Waals surface area contributed by atoms with E-state index in [-0.39, 0.29) is 0 Å². The lowest BCUT2D eigenvalue weighted by Crippen LogP contribution is -2.39. The largest absolute Gasteiger partial charge is 0.379 e. The molecule has 1 fully saturated rings. The van der Waals surface area contributed by atoms with Crippen molar-refractivity contribution in [3.05, 3.63) is 35.9 Å². The molecule has 0 radical (unpaired) electrons. The van der Waals surface area contributed by atoms with Crippen molar-refractivity contribution in [3.8, 4) is 0 Å². The van der Waals surface area contributed by atoms with Gasteiger partial charge in [0.2, 0.25) is 0 Å². The summed E-state index contributed by atoms with van der Waals surface area (Å²) in [5, 5.41) is 0. The molecule has 1 aliphatic rings. The van der Waals surface area contributed by atoms with Crippen LogP contribution in [0.15, 0.2) is 30.3 Å². The van der Waals surface area contributed by atoms with E-state index in [0.717, 1.165) is 26.3 Å². The van der Waals surface area contributed by atoms with Gasteiger partial charge in [-0.05, 0) is 12.0 Å². The van der Waals surface area contributed by atoms with Gasteiger partial charge in [-0.15, -0.1) is 0 Å². The fourth-order valence-corrected chi connectivity index (χ4v) is 2.52. The minimum atomic E-state index is 0.583. The summed E-state index contributed by atoms with van der Waals surface area (Å²) < 4.78 is 5.45. The average molecular weight is 233 g/mol. The van der Waals surface area contributed by atoms with Crippen molar-refractivity contribution in [3.63, 3.8) is 0 Å². The Balaban J connectivity index is 2.06. The third kappa shape index (κ3) is 3.55. The maximum atomic E-state index is 5.45. The minimum Gasteiger partial charge on any atom is -0.379 e. The van der Waals surface area contributed by atoms with Gasteiger partial charge in [0.25, 0.3) is 0 Å². The molecule has 0 aromatic heterocycles. The number of morpholine rings is 1. The van der Waals surface area contributed by atoms with Crippen LogP contribution >= 0.6 is 0 Å². The second kappa shape index (κ2) is 6.77. The van der Waals surface area contributed by atoms with Gasteiger partial charge in [-0.1, -0.05) is 50.1 Å². The van der Waals surface area contributed by atoms with E-state index in [0.29, 0.717) is 6.04 Å². The Kier molecular flexibility index (Phi) is 5.02. The number of unbranched alkanes of at least 4 members (excludes halogenated alkanes) is 1. The van der Waals surface area contributed by atoms with E-state index >= 15 is 0 Å². The van der Waals surface area contributed by atoms with Crippen LogP contribution in [0.5, 0.6) is 0 Å². The smallest absolute Gasteiger partial charge is 0.0594 e. The Morgan fingerprint density at radius 2 is 1.88 bits per heavy atom. The standard InChI is InChI=1S/C15H23NO/c1-2-3-9-15(14-7-5-4-6-8-14)16-10-12-17-13-11-16/h4-8,15H,2-3,9-13H2,1H3. The number of nitrogens with zero attached hydrogens (tertiary/aromatic N) is 1. The lowest BCUT2D eigenvalue weighted by atomic mass is 9.99. The Morgan fingerprint density at radius 3 is 2.53 bits per heavy atom. The van der Waals surface area contributed by atoms with Crippen LogP contribution in [-0.4, -0.2) is 31.2 Å². The van der Waals surface area contributed by atoms with Gasteiger partial charge in [0.1, 0.15) is 0 Å². The minimum absolute atomic E-state index is 0.583. The van der Waals surface area contributed by atoms with Crippen LogP contribution in [0.25, 0.3) is 0 Å². The zero-order valence-electron chi connectivity index (χ0n) is 10.8. The van der Waals surface area contributed by atoms with Crippen molar-refractivity contribution >= 4 is 0 Å². The molecule has 1 heterocycles. The SMILES string of the molecule is CCCCC(c1ccccc1)N1CCOCC1. The molecule has 0 spiro atoms. The highest BCUT2D eigenvalue weighted by Crippen LogP contribution is 2.26. The summed E-state index contributed by atoms with van der Waals surface area (Å²) in [5.41, 5.74) is 1.46. The van der Waals surface area contributed by atoms with Gasteiger partial charge in [-0.25, -0.2) is 0 Å². The summed E-state index contributed by atoms with van der Waals surface area (Å²) >= 11 is 0. The Hall–Kier alpha value is -0.860. The van der Waals surface area contributed by atoms with Gasteiger partial charge >= 0.3 is 0 Å². The van der Waals surface area contributed by atoms with E-state index in [1.165, 1.54) is 24.8 Å². The topological polar surface area (TPSA) is 12.5 Å². The second-order valence-electron chi connectivity index (χ2n) is 4.72. The quantitative estimate of drug-likeness (QED) is 0.774. The van der Waals surface area contributed by atoms with Crippen LogP contribution in [0.3, 0.4) is 0 Å². The molecule has 2 heteroatoms. The molecule has 1 unspecified atom stereocenters. The fourth-order valence-electron chi connectivity index (χ4n) is 2.52. The molecule has 1 aromatic rings. The van der Waals surface area contributed by atoms with E-state index in [9.17, 15) is 0 Å². The maximum Gasteiger partial charge on any atom is 0.0594 e. The molecule has 0 aliphatic carbocycles. The Labute approximate surface area is 105 Å². The Bertz CT molecular complexity index is 306. The van der Waals surface area contributed by atoms with Crippen molar-refractivity contribution in [1.82, 2.24) is 4.90 Å². The van der Waals surface area contributed by atoms with Gasteiger partial charge in [0.15, 0.2) is 0 Å². The summed E-state index contributed by atoms with van der Waals surface area (Å²) in [5.74, 6) is 0. The van der Waals surface area contributed by atoms with Gasteiger partial charge in [-0.3, -0.25) is 4.90 Å². The van der Waals surface area contributed by atoms with Crippen LogP contribution < -0.4 is 0 Å². The van der Waals surface area contributed by atoms with Gasteiger partial charge in [0, 0.05) is 19.1 Å². The predicted octanol–water partition coefficient (Wildman–Crippen LogP) is 3.25. The molecular weight excluding hydrogens is 210 g/mol. The highest BCUT2D eigenvalue weighted by atomic mass is 16.5. The molecule has 0 saturated carbocycles. The third-order valence-corrected chi connectivity index (χ3v) is 3.50. The van der Waals surface area contributed by atoms with E-state index in [1.807, 2.05) is 0 Å². The van der Waals surface area contributed by atoms with Crippen molar-refractivity contribution in [2.24, 2.45) is 0 Å². The lowest BCUT2D eigenvalue weighted by Gasteiger charge is -2.35. The first-order valence-corrected chi connectivity index (χ1v) is 6.78. The highest BCUT2D eigenvalue weighted by molar-refractivity contribution is 5.19. The van der Waals surface area contributed by atoms with Crippen molar-refractivity contribution in [2.45, 2.75) is 32.2 Å². The van der Waals surface area contributed by atoms with E-state index < -0.39 is 0 Å². The van der Waals surface area contributed by atoms with Crippen LogP contribution in [0.2, 0.25) is 0 Å². The van der Waals surface area contributed by atoms with Crippen LogP contribution in [0.1, 0.15) is 37.8 Å². The first-order chi connectivity index (χ1) is 8.42. The summed E-state index contributed by atoms with van der Waals surface area (Å²) in [7, 11) is 0. The van der Waals surface area contributed by atoms with Gasteiger partial charge in [-0.2, -0.15) is 0 Å². The second-order valence-corrected chi connectivity index (χ2v) is 4.72. The molecule has 94 valence electrons.